The molecule has 1 saturated carbocycles. The van der Waals surface area contributed by atoms with Crippen LogP contribution in [-0.4, -0.2) is 98.6 Å². The van der Waals surface area contributed by atoms with E-state index in [4.69, 9.17) is 38.4 Å². The largest absolute Gasteiger partial charge is 0.497 e. The molecule has 0 radical (unpaired) electrons. The lowest BCUT2D eigenvalue weighted by atomic mass is 9.55. The van der Waals surface area contributed by atoms with Crippen LogP contribution in [0.3, 0.4) is 0 Å². The van der Waals surface area contributed by atoms with Gasteiger partial charge >= 0.3 is 12.2 Å². The number of allylic oxidation sites excluding steroid dienone is 1. The standard InChI is InChI=1S/C43H59N3O11/c1-9-22-54-43-37(46(5)41(50)53-8)26-34(45-57-42(2,3)4)31-23-27(14-10-12-20-47)30(15-11-13-21-48)38(39(31)43)32-24-29(17-19-35(32)56-43)55-40(49)44-33-18-16-28(51-6)25-36(33)52-7/h9,16-19,23-25,27,30,37-39,47-48H,1,10-15,20-22,26H2,2-8H3,(H,44,49). The Kier molecular flexibility index (Phi) is 14.5. The molecule has 2 aromatic carbocycles. The molecule has 3 aliphatic rings. The van der Waals surface area contributed by atoms with Gasteiger partial charge in [0.25, 0.3) is 0 Å². The molecular weight excluding hydrogens is 734 g/mol. The third kappa shape index (κ3) is 9.68. The lowest BCUT2D eigenvalue weighted by Crippen LogP contribution is -2.69. The molecule has 6 atom stereocenters. The Bertz CT molecular complexity index is 1790. The van der Waals surface area contributed by atoms with Crippen molar-refractivity contribution >= 4 is 23.6 Å². The second-order valence-corrected chi connectivity index (χ2v) is 15.6. The Labute approximate surface area is 335 Å². The van der Waals surface area contributed by atoms with Crippen molar-refractivity contribution in [3.63, 3.8) is 0 Å². The summed E-state index contributed by atoms with van der Waals surface area (Å²) in [6, 6.07) is 9.58. The van der Waals surface area contributed by atoms with Crippen molar-refractivity contribution in [2.75, 3.05) is 53.5 Å². The average Bonchev–Trinajstić information content (AvgIpc) is 3.19. The fourth-order valence-electron chi connectivity index (χ4n) is 8.40. The van der Waals surface area contributed by atoms with Gasteiger partial charge in [0, 0.05) is 44.2 Å². The molecule has 14 heteroatoms. The molecule has 1 fully saturated rings. The molecule has 6 unspecified atom stereocenters. The van der Waals surface area contributed by atoms with Gasteiger partial charge < -0.3 is 48.4 Å². The number of nitrogens with one attached hydrogen (secondary N) is 1. The maximum absolute atomic E-state index is 13.4. The first-order chi connectivity index (χ1) is 27.3. The summed E-state index contributed by atoms with van der Waals surface area (Å²) in [7, 11) is 6.04. The topological polar surface area (TPSA) is 167 Å². The minimum atomic E-state index is -1.43. The van der Waals surface area contributed by atoms with Gasteiger partial charge in [-0.2, -0.15) is 0 Å². The number of amides is 2. The van der Waals surface area contributed by atoms with Gasteiger partial charge in [0.15, 0.2) is 0 Å². The number of hydrogen-bond acceptors (Lipinski definition) is 12. The summed E-state index contributed by atoms with van der Waals surface area (Å²) in [5.41, 5.74) is 2.14. The summed E-state index contributed by atoms with van der Waals surface area (Å²) in [5, 5.41) is 27.2. The number of nitrogens with zero attached hydrogens (tertiary/aromatic N) is 2. The Balaban J connectivity index is 1.70. The number of aliphatic hydroxyl groups is 2. The van der Waals surface area contributed by atoms with Gasteiger partial charge in [0.1, 0.15) is 34.6 Å². The maximum Gasteiger partial charge on any atom is 0.417 e. The minimum absolute atomic E-state index is 0.0158. The lowest BCUT2D eigenvalue weighted by Gasteiger charge is -2.59. The molecule has 0 saturated heterocycles. The summed E-state index contributed by atoms with van der Waals surface area (Å²) in [6.07, 6.45) is 7.19. The van der Waals surface area contributed by atoms with Crippen LogP contribution < -0.4 is 24.3 Å². The van der Waals surface area contributed by atoms with E-state index < -0.39 is 35.5 Å². The van der Waals surface area contributed by atoms with Gasteiger partial charge in [-0.1, -0.05) is 30.1 Å². The Morgan fingerprint density at radius 1 is 1.02 bits per heavy atom. The molecule has 14 nitrogen and oxygen atoms in total. The van der Waals surface area contributed by atoms with Crippen LogP contribution in [0.15, 0.2) is 65.9 Å². The molecule has 2 amide bonds. The normalized spacial score (nSPS) is 24.2. The summed E-state index contributed by atoms with van der Waals surface area (Å²) >= 11 is 0. The summed E-state index contributed by atoms with van der Waals surface area (Å²) in [5.74, 6) is -0.488. The predicted molar refractivity (Wildman–Crippen MR) is 215 cm³/mol. The van der Waals surface area contributed by atoms with E-state index >= 15 is 0 Å². The average molecular weight is 794 g/mol. The lowest BCUT2D eigenvalue weighted by molar-refractivity contribution is -0.253. The zero-order valence-electron chi connectivity index (χ0n) is 34.2. The number of anilines is 1. The van der Waals surface area contributed by atoms with Gasteiger partial charge in [-0.25, -0.2) is 9.59 Å². The first-order valence-corrected chi connectivity index (χ1v) is 19.6. The zero-order chi connectivity index (χ0) is 41.3. The van der Waals surface area contributed by atoms with Crippen molar-refractivity contribution in [2.45, 2.75) is 89.1 Å². The minimum Gasteiger partial charge on any atom is -0.497 e. The molecule has 2 aliphatic carbocycles. The highest BCUT2D eigenvalue weighted by molar-refractivity contribution is 6.03. The van der Waals surface area contributed by atoms with Crippen molar-refractivity contribution in [3.05, 3.63) is 66.3 Å². The molecule has 5 rings (SSSR count). The van der Waals surface area contributed by atoms with E-state index in [-0.39, 0.29) is 49.7 Å². The fraction of sp³-hybridized carbons (Fsp3) is 0.558. The molecule has 0 bridgehead atoms. The third-order valence-electron chi connectivity index (χ3n) is 10.9. The van der Waals surface area contributed by atoms with Crippen molar-refractivity contribution in [1.82, 2.24) is 4.90 Å². The van der Waals surface area contributed by atoms with E-state index in [2.05, 4.69) is 18.0 Å². The van der Waals surface area contributed by atoms with Crippen LogP contribution in [0.2, 0.25) is 0 Å². The smallest absolute Gasteiger partial charge is 0.417 e. The summed E-state index contributed by atoms with van der Waals surface area (Å²) in [6.45, 7) is 9.96. The number of unbranched alkanes of at least 4 members (excludes halogenated alkanes) is 2. The van der Waals surface area contributed by atoms with Crippen LogP contribution >= 0.6 is 0 Å². The number of oxime groups is 1. The number of benzene rings is 2. The van der Waals surface area contributed by atoms with Crippen molar-refractivity contribution < 1.29 is 53.1 Å². The number of methoxy groups -OCH3 is 3. The van der Waals surface area contributed by atoms with E-state index in [1.807, 2.05) is 26.8 Å². The van der Waals surface area contributed by atoms with Crippen LogP contribution in [0.1, 0.15) is 77.2 Å². The van der Waals surface area contributed by atoms with Crippen LogP contribution in [0, 0.1) is 17.8 Å². The van der Waals surface area contributed by atoms with Gasteiger partial charge in [0.2, 0.25) is 5.79 Å². The molecule has 1 heterocycles. The molecule has 57 heavy (non-hydrogen) atoms. The predicted octanol–water partition coefficient (Wildman–Crippen LogP) is 7.45. The van der Waals surface area contributed by atoms with E-state index in [1.165, 1.54) is 19.1 Å². The molecular formula is C43H59N3O11. The van der Waals surface area contributed by atoms with E-state index in [0.29, 0.717) is 41.5 Å². The highest BCUT2D eigenvalue weighted by atomic mass is 16.7. The molecule has 2 aromatic rings. The van der Waals surface area contributed by atoms with E-state index in [0.717, 1.165) is 36.8 Å². The second-order valence-electron chi connectivity index (χ2n) is 15.6. The van der Waals surface area contributed by atoms with E-state index in [9.17, 15) is 19.8 Å². The number of likely N-dealkylation sites (N-methyl/N-ethyl adjacent to an activating group) is 1. The van der Waals surface area contributed by atoms with Crippen LogP contribution in [0.4, 0.5) is 15.3 Å². The Hall–Kier alpha value is -4.79. The van der Waals surface area contributed by atoms with Gasteiger partial charge in [-0.05, 0) is 94.2 Å². The quantitative estimate of drug-likeness (QED) is 0.0828. The number of carbonyl (C=O) groups excluding carboxylic acids is 2. The van der Waals surface area contributed by atoms with Gasteiger partial charge in [-0.15, -0.1) is 6.58 Å². The number of aliphatic hydroxyl groups excluding tert-OH is 2. The Morgan fingerprint density at radius 2 is 1.74 bits per heavy atom. The molecule has 0 aromatic heterocycles. The molecule has 3 N–H and O–H groups in total. The summed E-state index contributed by atoms with van der Waals surface area (Å²) < 4.78 is 35.8. The van der Waals surface area contributed by atoms with Crippen LogP contribution in [-0.2, 0) is 14.3 Å². The number of rotatable bonds is 17. The first-order valence-electron chi connectivity index (χ1n) is 19.6. The number of carbonyl (C=O) groups is 2. The van der Waals surface area contributed by atoms with Gasteiger partial charge in [-0.3, -0.25) is 5.32 Å². The monoisotopic (exact) mass is 793 g/mol. The highest BCUT2D eigenvalue weighted by Gasteiger charge is 2.65. The van der Waals surface area contributed by atoms with Crippen molar-refractivity contribution in [2.24, 2.45) is 22.9 Å². The van der Waals surface area contributed by atoms with Crippen LogP contribution in [0.5, 0.6) is 23.0 Å². The number of ether oxygens (including phenoxy) is 6. The van der Waals surface area contributed by atoms with E-state index in [1.54, 1.807) is 50.6 Å². The maximum atomic E-state index is 13.4. The van der Waals surface area contributed by atoms with Crippen LogP contribution in [0.25, 0.3) is 0 Å². The zero-order valence-corrected chi connectivity index (χ0v) is 34.2. The Morgan fingerprint density at radius 3 is 2.39 bits per heavy atom. The molecule has 312 valence electrons. The van der Waals surface area contributed by atoms with Crippen molar-refractivity contribution in [3.8, 4) is 23.0 Å². The fourth-order valence-corrected chi connectivity index (χ4v) is 8.40. The SMILES string of the molecule is C=CCOC12Oc3ccc(OC(=O)Nc4ccc(OC)cc4OC)cc3C3C(CCCCO)C(CCCCO)C=C(C(=NOC(C)(C)C)CC1N(C)C(=O)OC)C32. The molecule has 1 aliphatic heterocycles. The van der Waals surface area contributed by atoms with Crippen molar-refractivity contribution in [1.29, 1.82) is 0 Å². The highest BCUT2D eigenvalue weighted by Crippen LogP contribution is 2.62. The van der Waals surface area contributed by atoms with Gasteiger partial charge in [0.05, 0.1) is 45.3 Å². The molecule has 0 spiro atoms. The first kappa shape index (κ1) is 43.3. The second kappa shape index (κ2) is 19.1. The number of hydrogen-bond donors (Lipinski definition) is 3. The summed E-state index contributed by atoms with van der Waals surface area (Å²) in [4.78, 5) is 34.4. The third-order valence-corrected chi connectivity index (χ3v) is 10.9. The number of fused-ring (bicyclic) bond motifs is 2.